The summed E-state index contributed by atoms with van der Waals surface area (Å²) in [5, 5.41) is 3.43. The third kappa shape index (κ3) is 2.33. The molecule has 3 heteroatoms. The average molecular weight is 271 g/mol. The topological polar surface area (TPSA) is 18.5 Å². The Hall–Kier alpha value is -1.06. The molecule has 108 valence electrons. The highest BCUT2D eigenvalue weighted by Gasteiger charge is 2.48. The van der Waals surface area contributed by atoms with Crippen molar-refractivity contribution in [3.8, 4) is 0 Å². The molecule has 3 aliphatic rings. The van der Waals surface area contributed by atoms with E-state index in [-0.39, 0.29) is 0 Å². The van der Waals surface area contributed by atoms with Crippen LogP contribution in [0, 0.1) is 11.3 Å². The maximum atomic E-state index is 3.43. The predicted molar refractivity (Wildman–Crippen MR) is 83.1 cm³/mol. The van der Waals surface area contributed by atoms with Crippen molar-refractivity contribution in [1.29, 1.82) is 0 Å². The first-order chi connectivity index (χ1) is 9.83. The molecule has 2 heterocycles. The van der Waals surface area contributed by atoms with Crippen molar-refractivity contribution in [2.24, 2.45) is 11.3 Å². The molecule has 3 nitrogen and oxygen atoms in total. The van der Waals surface area contributed by atoms with Crippen LogP contribution < -0.4 is 10.2 Å². The fourth-order valence-electron chi connectivity index (χ4n) is 4.25. The molecule has 4 rings (SSSR count). The molecular formula is C17H25N3. The van der Waals surface area contributed by atoms with Gasteiger partial charge in [0.1, 0.15) is 0 Å². The van der Waals surface area contributed by atoms with E-state index in [2.05, 4.69) is 45.4 Å². The van der Waals surface area contributed by atoms with Crippen molar-refractivity contribution in [2.75, 3.05) is 50.7 Å². The lowest BCUT2D eigenvalue weighted by Gasteiger charge is -2.55. The second-order valence-corrected chi connectivity index (χ2v) is 7.00. The minimum atomic E-state index is 0.733. The first kappa shape index (κ1) is 12.7. The lowest BCUT2D eigenvalue weighted by Crippen LogP contribution is -2.62. The molecule has 20 heavy (non-hydrogen) atoms. The molecule has 0 atom stereocenters. The molecule has 0 radical (unpaired) electrons. The van der Waals surface area contributed by atoms with Crippen LogP contribution in [0.4, 0.5) is 5.69 Å². The molecule has 1 spiro atoms. The monoisotopic (exact) mass is 271 g/mol. The molecule has 1 aromatic carbocycles. The van der Waals surface area contributed by atoms with E-state index in [0.29, 0.717) is 0 Å². The zero-order valence-electron chi connectivity index (χ0n) is 12.2. The van der Waals surface area contributed by atoms with Crippen molar-refractivity contribution in [2.45, 2.75) is 12.8 Å². The molecule has 2 aliphatic heterocycles. The first-order valence-corrected chi connectivity index (χ1v) is 8.06. The van der Waals surface area contributed by atoms with Gasteiger partial charge in [-0.25, -0.2) is 0 Å². The summed E-state index contributed by atoms with van der Waals surface area (Å²) in [6.07, 6.45) is 2.94. The Labute approximate surface area is 121 Å². The summed E-state index contributed by atoms with van der Waals surface area (Å²) >= 11 is 0. The summed E-state index contributed by atoms with van der Waals surface area (Å²) in [5.74, 6) is 0.973. The first-order valence-electron chi connectivity index (χ1n) is 8.06. The van der Waals surface area contributed by atoms with Crippen molar-refractivity contribution >= 4 is 5.69 Å². The van der Waals surface area contributed by atoms with Crippen LogP contribution in [0.2, 0.25) is 0 Å². The van der Waals surface area contributed by atoms with Gasteiger partial charge in [0.05, 0.1) is 0 Å². The van der Waals surface area contributed by atoms with Gasteiger partial charge in [0.15, 0.2) is 0 Å². The zero-order chi connectivity index (χ0) is 13.4. The van der Waals surface area contributed by atoms with Crippen LogP contribution in [-0.2, 0) is 0 Å². The second-order valence-electron chi connectivity index (χ2n) is 7.00. The highest BCUT2D eigenvalue weighted by Crippen LogP contribution is 2.48. The standard InChI is InChI=1S/C17H25N3/c1-2-4-16(5-3-1)20-8-6-19(7-9-20)12-15-10-17(11-15)13-18-14-17/h1-5,15,18H,6-14H2. The highest BCUT2D eigenvalue weighted by atomic mass is 15.3. The Balaban J connectivity index is 1.24. The molecule has 0 amide bonds. The van der Waals surface area contributed by atoms with Crippen molar-refractivity contribution in [3.63, 3.8) is 0 Å². The van der Waals surface area contributed by atoms with E-state index in [1.807, 2.05) is 0 Å². The molecule has 1 aromatic rings. The second kappa shape index (κ2) is 5.05. The number of para-hydroxylation sites is 1. The van der Waals surface area contributed by atoms with Crippen LogP contribution in [0.15, 0.2) is 30.3 Å². The van der Waals surface area contributed by atoms with Gasteiger partial charge in [-0.1, -0.05) is 18.2 Å². The molecule has 3 fully saturated rings. The Kier molecular flexibility index (Phi) is 3.20. The predicted octanol–water partition coefficient (Wildman–Crippen LogP) is 1.81. The molecule has 1 aliphatic carbocycles. The van der Waals surface area contributed by atoms with Gasteiger partial charge in [0.25, 0.3) is 0 Å². The fourth-order valence-corrected chi connectivity index (χ4v) is 4.25. The quantitative estimate of drug-likeness (QED) is 0.904. The van der Waals surface area contributed by atoms with Crippen LogP contribution in [-0.4, -0.2) is 50.7 Å². The maximum Gasteiger partial charge on any atom is 0.0367 e. The van der Waals surface area contributed by atoms with Crippen LogP contribution in [0.25, 0.3) is 0 Å². The average Bonchev–Trinajstić information content (AvgIpc) is 2.42. The van der Waals surface area contributed by atoms with Gasteiger partial charge < -0.3 is 10.2 Å². The van der Waals surface area contributed by atoms with Crippen LogP contribution in [0.1, 0.15) is 12.8 Å². The third-order valence-corrected chi connectivity index (χ3v) is 5.45. The minimum absolute atomic E-state index is 0.733. The van der Waals surface area contributed by atoms with Crippen molar-refractivity contribution in [1.82, 2.24) is 10.2 Å². The number of hydrogen-bond acceptors (Lipinski definition) is 3. The highest BCUT2D eigenvalue weighted by molar-refractivity contribution is 5.46. The normalized spacial score (nSPS) is 26.3. The van der Waals surface area contributed by atoms with Gasteiger partial charge in [0.2, 0.25) is 0 Å². The summed E-state index contributed by atoms with van der Waals surface area (Å²) < 4.78 is 0. The largest absolute Gasteiger partial charge is 0.369 e. The van der Waals surface area contributed by atoms with Gasteiger partial charge >= 0.3 is 0 Å². The minimum Gasteiger partial charge on any atom is -0.369 e. The Morgan fingerprint density at radius 3 is 2.30 bits per heavy atom. The number of anilines is 1. The molecule has 2 saturated heterocycles. The number of nitrogens with zero attached hydrogens (tertiary/aromatic N) is 2. The fraction of sp³-hybridized carbons (Fsp3) is 0.647. The van der Waals surface area contributed by atoms with Crippen molar-refractivity contribution < 1.29 is 0 Å². The van der Waals surface area contributed by atoms with E-state index in [9.17, 15) is 0 Å². The van der Waals surface area contributed by atoms with E-state index in [1.165, 1.54) is 64.3 Å². The third-order valence-electron chi connectivity index (χ3n) is 5.45. The number of piperazine rings is 1. The summed E-state index contributed by atoms with van der Waals surface area (Å²) in [6.45, 7) is 8.74. The van der Waals surface area contributed by atoms with Crippen LogP contribution in [0.3, 0.4) is 0 Å². The SMILES string of the molecule is c1ccc(N2CCN(CC3CC4(CNC4)C3)CC2)cc1. The van der Waals surface area contributed by atoms with Gasteiger partial charge in [-0.15, -0.1) is 0 Å². The number of benzene rings is 1. The molecular weight excluding hydrogens is 246 g/mol. The zero-order valence-corrected chi connectivity index (χ0v) is 12.2. The molecule has 1 N–H and O–H groups in total. The lowest BCUT2D eigenvalue weighted by atomic mass is 9.58. The summed E-state index contributed by atoms with van der Waals surface area (Å²) in [6, 6.07) is 10.8. The number of hydrogen-bond donors (Lipinski definition) is 1. The van der Waals surface area contributed by atoms with E-state index < -0.39 is 0 Å². The van der Waals surface area contributed by atoms with E-state index in [4.69, 9.17) is 0 Å². The van der Waals surface area contributed by atoms with Crippen molar-refractivity contribution in [3.05, 3.63) is 30.3 Å². The lowest BCUT2D eigenvalue weighted by molar-refractivity contribution is -0.0161. The van der Waals surface area contributed by atoms with Gasteiger partial charge in [-0.2, -0.15) is 0 Å². The van der Waals surface area contributed by atoms with Gasteiger partial charge in [0, 0.05) is 51.5 Å². The van der Waals surface area contributed by atoms with E-state index >= 15 is 0 Å². The molecule has 0 unspecified atom stereocenters. The Bertz CT molecular complexity index is 439. The summed E-state index contributed by atoms with van der Waals surface area (Å²) in [4.78, 5) is 5.21. The summed E-state index contributed by atoms with van der Waals surface area (Å²) in [7, 11) is 0. The molecule has 1 saturated carbocycles. The molecule has 0 aromatic heterocycles. The van der Waals surface area contributed by atoms with Crippen LogP contribution in [0.5, 0.6) is 0 Å². The van der Waals surface area contributed by atoms with Crippen LogP contribution >= 0.6 is 0 Å². The number of rotatable bonds is 3. The summed E-state index contributed by atoms with van der Waals surface area (Å²) in [5.41, 5.74) is 2.12. The van der Waals surface area contributed by atoms with E-state index in [1.54, 1.807) is 0 Å². The van der Waals surface area contributed by atoms with Gasteiger partial charge in [-0.05, 0) is 36.3 Å². The molecule has 0 bridgehead atoms. The van der Waals surface area contributed by atoms with E-state index in [0.717, 1.165) is 11.3 Å². The number of nitrogens with one attached hydrogen (secondary N) is 1. The Morgan fingerprint density at radius 2 is 1.70 bits per heavy atom. The van der Waals surface area contributed by atoms with Gasteiger partial charge in [-0.3, -0.25) is 4.90 Å². The smallest absolute Gasteiger partial charge is 0.0367 e. The maximum absolute atomic E-state index is 3.43. The Morgan fingerprint density at radius 1 is 1.00 bits per heavy atom.